The summed E-state index contributed by atoms with van der Waals surface area (Å²) in [6, 6.07) is 3.43. The molecule has 2 heteroatoms. The van der Waals surface area contributed by atoms with E-state index in [-0.39, 0.29) is 5.82 Å². The Morgan fingerprint density at radius 2 is 2.07 bits per heavy atom. The van der Waals surface area contributed by atoms with Crippen LogP contribution < -0.4 is 10.6 Å². The SMILES string of the molecule is CC1=c2c(F)ccc(C(C)C)c2=NCC1. The molecular formula is C13H16FN. The summed E-state index contributed by atoms with van der Waals surface area (Å²) >= 11 is 0. The Morgan fingerprint density at radius 1 is 1.33 bits per heavy atom. The normalized spacial score (nSPS) is 15.1. The van der Waals surface area contributed by atoms with Crippen LogP contribution in [0.25, 0.3) is 5.57 Å². The zero-order valence-electron chi connectivity index (χ0n) is 9.47. The van der Waals surface area contributed by atoms with Gasteiger partial charge in [-0.1, -0.05) is 25.5 Å². The second-order valence-corrected chi connectivity index (χ2v) is 4.43. The van der Waals surface area contributed by atoms with Gasteiger partial charge in [0.15, 0.2) is 0 Å². The fraction of sp³-hybridized carbons (Fsp3) is 0.462. The van der Waals surface area contributed by atoms with Crippen LogP contribution in [-0.4, -0.2) is 6.54 Å². The molecule has 0 radical (unpaired) electrons. The van der Waals surface area contributed by atoms with Crippen molar-refractivity contribution in [1.82, 2.24) is 0 Å². The van der Waals surface area contributed by atoms with E-state index in [1.165, 1.54) is 0 Å². The molecule has 0 atom stereocenters. The van der Waals surface area contributed by atoms with Gasteiger partial charge in [-0.25, -0.2) is 4.39 Å². The van der Waals surface area contributed by atoms with E-state index in [0.29, 0.717) is 5.92 Å². The number of fused-ring (bicyclic) bond motifs is 1. The molecule has 0 aromatic heterocycles. The molecule has 0 fully saturated rings. The van der Waals surface area contributed by atoms with Crippen molar-refractivity contribution in [2.24, 2.45) is 4.99 Å². The third kappa shape index (κ3) is 1.69. The molecule has 0 bridgehead atoms. The first-order valence-corrected chi connectivity index (χ1v) is 5.44. The average Bonchev–Trinajstić information content (AvgIpc) is 2.17. The van der Waals surface area contributed by atoms with Crippen LogP contribution in [0, 0.1) is 5.82 Å². The van der Waals surface area contributed by atoms with Crippen molar-refractivity contribution in [3.63, 3.8) is 0 Å². The van der Waals surface area contributed by atoms with E-state index >= 15 is 0 Å². The Labute approximate surface area is 89.4 Å². The monoisotopic (exact) mass is 205 g/mol. The van der Waals surface area contributed by atoms with Crippen LogP contribution in [0.5, 0.6) is 0 Å². The van der Waals surface area contributed by atoms with Crippen LogP contribution in [0.1, 0.15) is 38.7 Å². The molecule has 1 aromatic rings. The second-order valence-electron chi connectivity index (χ2n) is 4.43. The van der Waals surface area contributed by atoms with Crippen LogP contribution in [0.15, 0.2) is 17.1 Å². The number of halogens is 1. The van der Waals surface area contributed by atoms with E-state index in [4.69, 9.17) is 0 Å². The van der Waals surface area contributed by atoms with Crippen molar-refractivity contribution < 1.29 is 4.39 Å². The fourth-order valence-corrected chi connectivity index (χ4v) is 2.09. The molecule has 0 aliphatic carbocycles. The number of hydrogen-bond acceptors (Lipinski definition) is 1. The smallest absolute Gasteiger partial charge is 0.132 e. The Balaban J connectivity index is 2.89. The maximum Gasteiger partial charge on any atom is 0.132 e. The minimum Gasteiger partial charge on any atom is -0.284 e. The zero-order chi connectivity index (χ0) is 11.0. The molecule has 1 aliphatic rings. The highest BCUT2D eigenvalue weighted by Gasteiger charge is 2.11. The first-order chi connectivity index (χ1) is 7.11. The maximum absolute atomic E-state index is 13.7. The van der Waals surface area contributed by atoms with E-state index in [1.54, 1.807) is 6.07 Å². The molecule has 0 amide bonds. The van der Waals surface area contributed by atoms with E-state index < -0.39 is 0 Å². The number of benzene rings is 1. The topological polar surface area (TPSA) is 12.4 Å². The van der Waals surface area contributed by atoms with E-state index in [1.807, 2.05) is 13.0 Å². The van der Waals surface area contributed by atoms with Gasteiger partial charge in [-0.05, 0) is 30.9 Å². The van der Waals surface area contributed by atoms with Crippen molar-refractivity contribution in [3.8, 4) is 0 Å². The highest BCUT2D eigenvalue weighted by atomic mass is 19.1. The third-order valence-corrected chi connectivity index (χ3v) is 2.96. The van der Waals surface area contributed by atoms with Crippen LogP contribution >= 0.6 is 0 Å². The minimum absolute atomic E-state index is 0.129. The maximum atomic E-state index is 13.7. The first-order valence-electron chi connectivity index (χ1n) is 5.44. The summed E-state index contributed by atoms with van der Waals surface area (Å²) in [4.78, 5) is 4.46. The lowest BCUT2D eigenvalue weighted by Gasteiger charge is -2.12. The van der Waals surface area contributed by atoms with E-state index in [9.17, 15) is 4.39 Å². The summed E-state index contributed by atoms with van der Waals surface area (Å²) in [6.07, 6.45) is 0.880. The van der Waals surface area contributed by atoms with Gasteiger partial charge in [-0.15, -0.1) is 0 Å². The minimum atomic E-state index is -0.129. The summed E-state index contributed by atoms with van der Waals surface area (Å²) in [5.74, 6) is 0.268. The van der Waals surface area contributed by atoms with Gasteiger partial charge in [-0.3, -0.25) is 4.99 Å². The summed E-state index contributed by atoms with van der Waals surface area (Å²) < 4.78 is 13.7. The summed E-state index contributed by atoms with van der Waals surface area (Å²) in [5, 5.41) is 1.63. The lowest BCUT2D eigenvalue weighted by atomic mass is 9.97. The Hall–Kier alpha value is -1.18. The van der Waals surface area contributed by atoms with Crippen LogP contribution in [0.3, 0.4) is 0 Å². The summed E-state index contributed by atoms with van der Waals surface area (Å²) in [5.41, 5.74) is 2.28. The third-order valence-electron chi connectivity index (χ3n) is 2.96. The predicted molar refractivity (Wildman–Crippen MR) is 59.8 cm³/mol. The molecule has 1 nitrogen and oxygen atoms in total. The van der Waals surface area contributed by atoms with Gasteiger partial charge in [0.1, 0.15) is 5.82 Å². The number of hydrogen-bond donors (Lipinski definition) is 0. The van der Waals surface area contributed by atoms with Gasteiger partial charge in [0.25, 0.3) is 0 Å². The van der Waals surface area contributed by atoms with Crippen LogP contribution in [0.2, 0.25) is 0 Å². The van der Waals surface area contributed by atoms with E-state index in [2.05, 4.69) is 18.8 Å². The molecule has 0 spiro atoms. The average molecular weight is 205 g/mol. The van der Waals surface area contributed by atoms with Gasteiger partial charge in [0.05, 0.1) is 5.36 Å². The molecule has 0 unspecified atom stereocenters. The fourth-order valence-electron chi connectivity index (χ4n) is 2.09. The molecule has 1 aliphatic heterocycles. The largest absolute Gasteiger partial charge is 0.284 e. The van der Waals surface area contributed by atoms with E-state index in [0.717, 1.165) is 34.7 Å². The quantitative estimate of drug-likeness (QED) is 0.666. The zero-order valence-corrected chi connectivity index (χ0v) is 9.47. The Morgan fingerprint density at radius 3 is 2.73 bits per heavy atom. The van der Waals surface area contributed by atoms with Crippen LogP contribution in [-0.2, 0) is 0 Å². The molecule has 1 aromatic carbocycles. The first kappa shape index (κ1) is 10.3. The number of rotatable bonds is 1. The lowest BCUT2D eigenvalue weighted by Crippen LogP contribution is -2.37. The van der Waals surface area contributed by atoms with Gasteiger partial charge in [0, 0.05) is 11.8 Å². The van der Waals surface area contributed by atoms with Gasteiger partial charge in [0.2, 0.25) is 0 Å². The lowest BCUT2D eigenvalue weighted by molar-refractivity contribution is 0.608. The molecule has 15 heavy (non-hydrogen) atoms. The Bertz CT molecular complexity index is 500. The van der Waals surface area contributed by atoms with Crippen molar-refractivity contribution in [2.45, 2.75) is 33.1 Å². The molecule has 0 N–H and O–H groups in total. The molecule has 2 rings (SSSR count). The standard InChI is InChI=1S/C13H16FN/c1-8(2)10-4-5-11(14)12-9(3)6-7-15-13(10)12/h4-5,8H,6-7H2,1-3H3. The molecule has 1 heterocycles. The molecule has 0 saturated carbocycles. The van der Waals surface area contributed by atoms with Gasteiger partial charge in [-0.2, -0.15) is 0 Å². The second kappa shape index (κ2) is 3.76. The van der Waals surface area contributed by atoms with Crippen molar-refractivity contribution >= 4 is 5.57 Å². The summed E-state index contributed by atoms with van der Waals surface area (Å²) in [7, 11) is 0. The predicted octanol–water partition coefficient (Wildman–Crippen LogP) is 2.14. The highest BCUT2D eigenvalue weighted by molar-refractivity contribution is 5.44. The van der Waals surface area contributed by atoms with Crippen molar-refractivity contribution in [1.29, 1.82) is 0 Å². The highest BCUT2D eigenvalue weighted by Crippen LogP contribution is 2.11. The Kier molecular flexibility index (Phi) is 2.59. The van der Waals surface area contributed by atoms with Crippen molar-refractivity contribution in [3.05, 3.63) is 34.1 Å². The van der Waals surface area contributed by atoms with Gasteiger partial charge >= 0.3 is 0 Å². The van der Waals surface area contributed by atoms with Crippen LogP contribution in [0.4, 0.5) is 4.39 Å². The van der Waals surface area contributed by atoms with Crippen molar-refractivity contribution in [2.75, 3.05) is 6.54 Å². The number of nitrogens with zero attached hydrogens (tertiary/aromatic N) is 1. The van der Waals surface area contributed by atoms with Gasteiger partial charge < -0.3 is 0 Å². The molecule has 80 valence electrons. The molecule has 0 saturated heterocycles. The molecular weight excluding hydrogens is 189 g/mol. The summed E-state index contributed by atoms with van der Waals surface area (Å²) in [6.45, 7) is 7.03.